The molecule has 0 atom stereocenters. The molecule has 0 fully saturated rings. The molecule has 0 aromatic carbocycles. The van der Waals surface area contributed by atoms with Crippen LogP contribution < -0.4 is 0 Å². The summed E-state index contributed by atoms with van der Waals surface area (Å²) in [6.07, 6.45) is 2.66. The first kappa shape index (κ1) is 7.72. The van der Waals surface area contributed by atoms with Gasteiger partial charge in [-0.25, -0.2) is 4.79 Å². The van der Waals surface area contributed by atoms with Crippen molar-refractivity contribution in [2.24, 2.45) is 0 Å². The van der Waals surface area contributed by atoms with E-state index in [0.29, 0.717) is 11.3 Å². The van der Waals surface area contributed by atoms with Crippen LogP contribution in [0.1, 0.15) is 13.8 Å². The van der Waals surface area contributed by atoms with E-state index >= 15 is 0 Å². The molecule has 1 aliphatic heterocycles. The molecule has 0 spiro atoms. The van der Waals surface area contributed by atoms with E-state index in [2.05, 4.69) is 0 Å². The van der Waals surface area contributed by atoms with Crippen molar-refractivity contribution in [2.75, 3.05) is 0 Å². The smallest absolute Gasteiger partial charge is 0.336 e. The fraction of sp³-hybridized carbons (Fsp3) is 0.250. The molecular weight excluding hydrogens is 144 g/mol. The monoisotopic (exact) mass is 152 g/mol. The van der Waals surface area contributed by atoms with Crippen LogP contribution in [-0.4, -0.2) is 11.8 Å². The highest BCUT2D eigenvalue weighted by molar-refractivity contribution is 5.93. The third-order valence-corrected chi connectivity index (χ3v) is 1.27. The maximum Gasteiger partial charge on any atom is 0.336 e. The van der Waals surface area contributed by atoms with Crippen LogP contribution in [0, 0.1) is 0 Å². The van der Waals surface area contributed by atoms with Crippen molar-refractivity contribution in [3.05, 3.63) is 23.5 Å². The number of ether oxygens (including phenoxy) is 1. The van der Waals surface area contributed by atoms with E-state index in [1.807, 2.05) is 0 Å². The largest absolute Gasteiger partial charge is 0.423 e. The molecule has 0 radical (unpaired) electrons. The minimum absolute atomic E-state index is 0.123. The molecule has 0 aromatic rings. The third-order valence-electron chi connectivity index (χ3n) is 1.27. The van der Waals surface area contributed by atoms with Gasteiger partial charge in [-0.05, 0) is 19.4 Å². The number of hydrogen-bond acceptors (Lipinski definition) is 3. The van der Waals surface area contributed by atoms with Crippen LogP contribution in [0.3, 0.4) is 0 Å². The molecule has 1 aliphatic rings. The number of ketones is 1. The predicted molar refractivity (Wildman–Crippen MR) is 38.6 cm³/mol. The van der Waals surface area contributed by atoms with Crippen LogP contribution >= 0.6 is 0 Å². The van der Waals surface area contributed by atoms with E-state index in [-0.39, 0.29) is 5.78 Å². The summed E-state index contributed by atoms with van der Waals surface area (Å²) in [5.41, 5.74) is 0.699. The summed E-state index contributed by atoms with van der Waals surface area (Å²) in [7, 11) is 0. The minimum atomic E-state index is -0.407. The van der Waals surface area contributed by atoms with Crippen molar-refractivity contribution in [3.63, 3.8) is 0 Å². The number of carbonyl (C=O) groups is 2. The van der Waals surface area contributed by atoms with Crippen molar-refractivity contribution >= 4 is 11.8 Å². The SMILES string of the molecule is CC(=O)/C=C1\OC(=O)C=C1C. The lowest BCUT2D eigenvalue weighted by Crippen LogP contribution is -1.93. The molecule has 0 aromatic heterocycles. The van der Waals surface area contributed by atoms with Gasteiger partial charge in [0.2, 0.25) is 0 Å². The normalized spacial score (nSPS) is 20.0. The molecule has 0 N–H and O–H groups in total. The van der Waals surface area contributed by atoms with Crippen LogP contribution in [0.4, 0.5) is 0 Å². The van der Waals surface area contributed by atoms with Gasteiger partial charge >= 0.3 is 5.97 Å². The van der Waals surface area contributed by atoms with Gasteiger partial charge in [-0.15, -0.1) is 0 Å². The molecule has 1 rings (SSSR count). The zero-order valence-corrected chi connectivity index (χ0v) is 6.38. The standard InChI is InChI=1S/C8H8O3/c1-5-3-8(10)11-7(5)4-6(2)9/h3-4H,1-2H3/b7-4-. The molecule has 0 aliphatic carbocycles. The van der Waals surface area contributed by atoms with Gasteiger partial charge in [0.05, 0.1) is 0 Å². The average Bonchev–Trinajstić information content (AvgIpc) is 2.09. The van der Waals surface area contributed by atoms with Crippen LogP contribution in [0.5, 0.6) is 0 Å². The lowest BCUT2D eigenvalue weighted by molar-refractivity contribution is -0.132. The Morgan fingerprint density at radius 2 is 2.27 bits per heavy atom. The summed E-state index contributed by atoms with van der Waals surface area (Å²) in [6, 6.07) is 0. The number of esters is 1. The zero-order chi connectivity index (χ0) is 8.43. The Morgan fingerprint density at radius 1 is 1.64 bits per heavy atom. The third kappa shape index (κ3) is 1.77. The van der Waals surface area contributed by atoms with Crippen molar-refractivity contribution < 1.29 is 14.3 Å². The van der Waals surface area contributed by atoms with Crippen molar-refractivity contribution in [1.29, 1.82) is 0 Å². The Labute approximate surface area is 64.3 Å². The number of cyclic esters (lactones) is 1. The second kappa shape index (κ2) is 2.70. The van der Waals surface area contributed by atoms with E-state index in [9.17, 15) is 9.59 Å². The highest BCUT2D eigenvalue weighted by Crippen LogP contribution is 2.18. The molecule has 58 valence electrons. The van der Waals surface area contributed by atoms with Gasteiger partial charge in [0.1, 0.15) is 5.76 Å². The molecule has 0 unspecified atom stereocenters. The van der Waals surface area contributed by atoms with Crippen LogP contribution in [0.25, 0.3) is 0 Å². The van der Waals surface area contributed by atoms with Crippen molar-refractivity contribution in [1.82, 2.24) is 0 Å². The van der Waals surface area contributed by atoms with Crippen LogP contribution in [0.2, 0.25) is 0 Å². The molecule has 3 heteroatoms. The maximum atomic E-state index is 10.6. The Kier molecular flexibility index (Phi) is 1.89. The molecule has 0 saturated heterocycles. The predicted octanol–water partition coefficient (Wildman–Crippen LogP) is 0.962. The first-order chi connectivity index (χ1) is 5.09. The van der Waals surface area contributed by atoms with E-state index in [1.165, 1.54) is 19.1 Å². The number of carbonyl (C=O) groups excluding carboxylic acids is 2. The molecule has 3 nitrogen and oxygen atoms in total. The molecule has 0 amide bonds. The van der Waals surface area contributed by atoms with Gasteiger partial charge in [0, 0.05) is 12.2 Å². The van der Waals surface area contributed by atoms with Gasteiger partial charge < -0.3 is 4.74 Å². The van der Waals surface area contributed by atoms with Gasteiger partial charge in [0.15, 0.2) is 5.78 Å². The van der Waals surface area contributed by atoms with Gasteiger partial charge in [-0.2, -0.15) is 0 Å². The fourth-order valence-electron chi connectivity index (χ4n) is 0.794. The van der Waals surface area contributed by atoms with Crippen molar-refractivity contribution in [2.45, 2.75) is 13.8 Å². The van der Waals surface area contributed by atoms with Crippen LogP contribution in [-0.2, 0) is 14.3 Å². The zero-order valence-electron chi connectivity index (χ0n) is 6.38. The Hall–Kier alpha value is -1.38. The van der Waals surface area contributed by atoms with E-state index in [4.69, 9.17) is 4.74 Å². The summed E-state index contributed by atoms with van der Waals surface area (Å²) < 4.78 is 4.69. The first-order valence-electron chi connectivity index (χ1n) is 3.22. The summed E-state index contributed by atoms with van der Waals surface area (Å²) in [5.74, 6) is -0.167. The average molecular weight is 152 g/mol. The molecular formula is C8H8O3. The fourth-order valence-corrected chi connectivity index (χ4v) is 0.794. The lowest BCUT2D eigenvalue weighted by Gasteiger charge is -1.95. The van der Waals surface area contributed by atoms with E-state index in [1.54, 1.807) is 6.92 Å². The summed E-state index contributed by atoms with van der Waals surface area (Å²) in [6.45, 7) is 3.13. The maximum absolute atomic E-state index is 10.6. The first-order valence-corrected chi connectivity index (χ1v) is 3.22. The minimum Gasteiger partial charge on any atom is -0.423 e. The topological polar surface area (TPSA) is 43.4 Å². The lowest BCUT2D eigenvalue weighted by atomic mass is 10.2. The Morgan fingerprint density at radius 3 is 2.64 bits per heavy atom. The number of hydrogen-bond donors (Lipinski definition) is 0. The second-order valence-corrected chi connectivity index (χ2v) is 2.37. The van der Waals surface area contributed by atoms with Gasteiger partial charge in [0.25, 0.3) is 0 Å². The Bertz CT molecular complexity index is 271. The Balaban J connectivity index is 2.87. The van der Waals surface area contributed by atoms with Crippen LogP contribution in [0.15, 0.2) is 23.5 Å². The number of rotatable bonds is 1. The molecule has 11 heavy (non-hydrogen) atoms. The quantitative estimate of drug-likeness (QED) is 0.415. The molecule has 0 bridgehead atoms. The highest BCUT2D eigenvalue weighted by atomic mass is 16.5. The molecule has 1 heterocycles. The van der Waals surface area contributed by atoms with Gasteiger partial charge in [-0.1, -0.05) is 0 Å². The van der Waals surface area contributed by atoms with E-state index < -0.39 is 5.97 Å². The summed E-state index contributed by atoms with van der Waals surface area (Å²) in [4.78, 5) is 21.2. The summed E-state index contributed by atoms with van der Waals surface area (Å²) in [5, 5.41) is 0. The molecule has 0 saturated carbocycles. The number of allylic oxidation sites excluding steroid dienone is 2. The van der Waals surface area contributed by atoms with E-state index in [0.717, 1.165) is 0 Å². The van der Waals surface area contributed by atoms with Crippen molar-refractivity contribution in [3.8, 4) is 0 Å². The summed E-state index contributed by atoms with van der Waals surface area (Å²) >= 11 is 0. The highest BCUT2D eigenvalue weighted by Gasteiger charge is 2.15. The van der Waals surface area contributed by atoms with Gasteiger partial charge in [-0.3, -0.25) is 4.79 Å². The second-order valence-electron chi connectivity index (χ2n) is 2.37.